The minimum absolute atomic E-state index is 0. The fourth-order valence-electron chi connectivity index (χ4n) is 2.62. The summed E-state index contributed by atoms with van der Waals surface area (Å²) in [5.74, 6) is 0.628. The quantitative estimate of drug-likeness (QED) is 0.844. The second-order valence-corrected chi connectivity index (χ2v) is 4.95. The van der Waals surface area contributed by atoms with Crippen molar-refractivity contribution in [3.8, 4) is 0 Å². The van der Waals surface area contributed by atoms with Crippen LogP contribution in [-0.2, 0) is 0 Å². The van der Waals surface area contributed by atoms with Gasteiger partial charge in [0.25, 0.3) is 0 Å². The van der Waals surface area contributed by atoms with Crippen LogP contribution in [0.3, 0.4) is 0 Å². The highest BCUT2D eigenvalue weighted by molar-refractivity contribution is 6.31. The molecular weight excluding hydrogens is 241 g/mol. The molecule has 0 aliphatic heterocycles. The maximum absolute atomic E-state index is 6.32. The maximum atomic E-state index is 6.32. The number of halogens is 2. The summed E-state index contributed by atoms with van der Waals surface area (Å²) in [6.07, 6.45) is 5.15. The Kier molecular flexibility index (Phi) is 5.10. The van der Waals surface area contributed by atoms with Crippen LogP contribution in [0.1, 0.15) is 42.9 Å². The van der Waals surface area contributed by atoms with Gasteiger partial charge in [0.2, 0.25) is 0 Å². The molecule has 0 radical (unpaired) electrons. The van der Waals surface area contributed by atoms with Crippen LogP contribution in [0, 0.1) is 12.8 Å². The van der Waals surface area contributed by atoms with Crippen molar-refractivity contribution in [2.24, 2.45) is 11.7 Å². The van der Waals surface area contributed by atoms with Gasteiger partial charge < -0.3 is 5.73 Å². The van der Waals surface area contributed by atoms with E-state index in [1.54, 1.807) is 0 Å². The third-order valence-corrected chi connectivity index (χ3v) is 3.84. The average molecular weight is 260 g/mol. The van der Waals surface area contributed by atoms with Crippen LogP contribution in [-0.4, -0.2) is 0 Å². The minimum atomic E-state index is 0. The highest BCUT2D eigenvalue weighted by Crippen LogP contribution is 2.37. The molecule has 1 atom stereocenters. The largest absolute Gasteiger partial charge is 0.324 e. The summed E-state index contributed by atoms with van der Waals surface area (Å²) in [4.78, 5) is 0. The first-order valence-electron chi connectivity index (χ1n) is 5.70. The monoisotopic (exact) mass is 259 g/mol. The zero-order valence-corrected chi connectivity index (χ0v) is 11.2. The molecule has 16 heavy (non-hydrogen) atoms. The Morgan fingerprint density at radius 1 is 1.31 bits per heavy atom. The molecule has 0 unspecified atom stereocenters. The van der Waals surface area contributed by atoms with E-state index in [2.05, 4.69) is 13.0 Å². The molecule has 1 aromatic rings. The number of hydrogen-bond acceptors (Lipinski definition) is 1. The number of rotatable bonds is 2. The summed E-state index contributed by atoms with van der Waals surface area (Å²) in [7, 11) is 0. The molecule has 0 spiro atoms. The van der Waals surface area contributed by atoms with Crippen molar-refractivity contribution in [2.45, 2.75) is 38.6 Å². The Balaban J connectivity index is 0.00000128. The molecular formula is C13H19Cl2N. The molecule has 0 saturated heterocycles. The molecule has 2 rings (SSSR count). The number of nitrogens with two attached hydrogens (primary N) is 1. The summed E-state index contributed by atoms with van der Waals surface area (Å²) < 4.78 is 0. The van der Waals surface area contributed by atoms with Crippen LogP contribution >= 0.6 is 24.0 Å². The van der Waals surface area contributed by atoms with Gasteiger partial charge in [0.15, 0.2) is 0 Å². The lowest BCUT2D eigenvalue weighted by Crippen LogP contribution is -2.20. The standard InChI is InChI=1S/C13H18ClN.ClH/c1-9-5-4-8-11(14)12(9)13(15)10-6-2-3-7-10;/h4-5,8,10,13H,2-3,6-7,15H2,1H3;1H/t13-;/m0./s1. The van der Waals surface area contributed by atoms with Gasteiger partial charge in [-0.05, 0) is 42.9 Å². The third kappa shape index (κ3) is 2.71. The summed E-state index contributed by atoms with van der Waals surface area (Å²) in [6, 6.07) is 6.15. The molecule has 1 aliphatic carbocycles. The SMILES string of the molecule is Cc1cccc(Cl)c1[C@@H](N)C1CCCC1.Cl. The van der Waals surface area contributed by atoms with Crippen molar-refractivity contribution < 1.29 is 0 Å². The highest BCUT2D eigenvalue weighted by Gasteiger charge is 2.25. The second kappa shape index (κ2) is 5.90. The maximum Gasteiger partial charge on any atom is 0.0456 e. The molecule has 3 heteroatoms. The molecule has 0 heterocycles. The van der Waals surface area contributed by atoms with Crippen molar-refractivity contribution in [3.63, 3.8) is 0 Å². The first-order valence-corrected chi connectivity index (χ1v) is 6.08. The van der Waals surface area contributed by atoms with Gasteiger partial charge in [0.1, 0.15) is 0 Å². The van der Waals surface area contributed by atoms with Gasteiger partial charge in [-0.2, -0.15) is 0 Å². The van der Waals surface area contributed by atoms with Crippen molar-refractivity contribution in [3.05, 3.63) is 34.3 Å². The van der Waals surface area contributed by atoms with Crippen LogP contribution in [0.4, 0.5) is 0 Å². The highest BCUT2D eigenvalue weighted by atomic mass is 35.5. The molecule has 0 aromatic heterocycles. The second-order valence-electron chi connectivity index (χ2n) is 4.54. The molecule has 2 N–H and O–H groups in total. The summed E-state index contributed by atoms with van der Waals surface area (Å²) >= 11 is 6.22. The van der Waals surface area contributed by atoms with Crippen molar-refractivity contribution in [1.29, 1.82) is 0 Å². The zero-order chi connectivity index (χ0) is 10.8. The van der Waals surface area contributed by atoms with E-state index in [1.807, 2.05) is 12.1 Å². The Morgan fingerprint density at radius 2 is 1.94 bits per heavy atom. The van der Waals surface area contributed by atoms with Gasteiger partial charge >= 0.3 is 0 Å². The molecule has 1 aliphatic rings. The van der Waals surface area contributed by atoms with Crippen LogP contribution in [0.2, 0.25) is 5.02 Å². The number of benzene rings is 1. The van der Waals surface area contributed by atoms with E-state index in [4.69, 9.17) is 17.3 Å². The first-order chi connectivity index (χ1) is 7.20. The average Bonchev–Trinajstić information content (AvgIpc) is 2.69. The minimum Gasteiger partial charge on any atom is -0.324 e. The van der Waals surface area contributed by atoms with Crippen LogP contribution in [0.25, 0.3) is 0 Å². The van der Waals surface area contributed by atoms with Gasteiger partial charge in [0.05, 0.1) is 0 Å². The summed E-state index contributed by atoms with van der Waals surface area (Å²) in [5.41, 5.74) is 8.70. The van der Waals surface area contributed by atoms with Crippen molar-refractivity contribution >= 4 is 24.0 Å². The van der Waals surface area contributed by atoms with Gasteiger partial charge in [-0.1, -0.05) is 36.6 Å². The Morgan fingerprint density at radius 3 is 2.50 bits per heavy atom. The van der Waals surface area contributed by atoms with E-state index in [0.29, 0.717) is 5.92 Å². The van der Waals surface area contributed by atoms with E-state index >= 15 is 0 Å². The molecule has 0 amide bonds. The van der Waals surface area contributed by atoms with E-state index in [1.165, 1.54) is 31.2 Å². The molecule has 1 saturated carbocycles. The third-order valence-electron chi connectivity index (χ3n) is 3.51. The Labute approximate surface area is 109 Å². The first kappa shape index (κ1) is 13.8. The van der Waals surface area contributed by atoms with Crippen molar-refractivity contribution in [1.82, 2.24) is 0 Å². The molecule has 0 bridgehead atoms. The number of aryl methyl sites for hydroxylation is 1. The fraction of sp³-hybridized carbons (Fsp3) is 0.538. The smallest absolute Gasteiger partial charge is 0.0456 e. The topological polar surface area (TPSA) is 26.0 Å². The Bertz CT molecular complexity index is 326. The van der Waals surface area contributed by atoms with Crippen LogP contribution in [0.5, 0.6) is 0 Å². The lowest BCUT2D eigenvalue weighted by Gasteiger charge is -2.22. The molecule has 1 aromatic carbocycles. The van der Waals surface area contributed by atoms with E-state index in [9.17, 15) is 0 Å². The van der Waals surface area contributed by atoms with Gasteiger partial charge in [-0.25, -0.2) is 0 Å². The van der Waals surface area contributed by atoms with Gasteiger partial charge in [-0.15, -0.1) is 12.4 Å². The molecule has 90 valence electrons. The normalized spacial score (nSPS) is 18.2. The fourth-order valence-corrected chi connectivity index (χ4v) is 2.97. The predicted octanol–water partition coefficient (Wildman–Crippen LogP) is 4.26. The summed E-state index contributed by atoms with van der Waals surface area (Å²) in [6.45, 7) is 2.09. The van der Waals surface area contributed by atoms with Gasteiger partial charge in [-0.3, -0.25) is 0 Å². The van der Waals surface area contributed by atoms with Gasteiger partial charge in [0, 0.05) is 11.1 Å². The van der Waals surface area contributed by atoms with Crippen LogP contribution in [0.15, 0.2) is 18.2 Å². The predicted molar refractivity (Wildman–Crippen MR) is 72.3 cm³/mol. The lowest BCUT2D eigenvalue weighted by atomic mass is 9.90. The van der Waals surface area contributed by atoms with E-state index < -0.39 is 0 Å². The Hall–Kier alpha value is -0.240. The lowest BCUT2D eigenvalue weighted by molar-refractivity contribution is 0.443. The molecule has 1 nitrogen and oxygen atoms in total. The van der Waals surface area contributed by atoms with E-state index in [-0.39, 0.29) is 18.4 Å². The number of hydrogen-bond donors (Lipinski definition) is 1. The van der Waals surface area contributed by atoms with E-state index in [0.717, 1.165) is 10.6 Å². The summed E-state index contributed by atoms with van der Waals surface area (Å²) in [5, 5.41) is 0.828. The zero-order valence-electron chi connectivity index (χ0n) is 9.58. The molecule has 1 fully saturated rings. The van der Waals surface area contributed by atoms with Crippen molar-refractivity contribution in [2.75, 3.05) is 0 Å². The van der Waals surface area contributed by atoms with Crippen LogP contribution < -0.4 is 5.73 Å².